The average molecular weight is 767 g/mol. The maximum absolute atomic E-state index is 12.0. The van der Waals surface area contributed by atoms with Gasteiger partial charge in [0.05, 0.1) is 48.8 Å². The van der Waals surface area contributed by atoms with Crippen molar-refractivity contribution in [3.05, 3.63) is 0 Å². The molecular formula is C20H38N4O5S11. The third-order valence-corrected chi connectivity index (χ3v) is 15.7. The molecule has 2 atom stereocenters. The lowest BCUT2D eigenvalue weighted by molar-refractivity contribution is 0.260. The van der Waals surface area contributed by atoms with Gasteiger partial charge in [0.25, 0.3) is 10.5 Å². The van der Waals surface area contributed by atoms with Crippen LogP contribution in [0.2, 0.25) is 0 Å². The number of thioether (sulfide) groups is 9. The van der Waals surface area contributed by atoms with Crippen molar-refractivity contribution in [3.8, 4) is 0 Å². The molecule has 0 aromatic rings. The second-order valence-corrected chi connectivity index (χ2v) is 20.5. The highest BCUT2D eigenvalue weighted by Gasteiger charge is 2.04. The largest absolute Gasteiger partial charge is 0.386 e. The number of hydrogen-bond acceptors (Lipinski definition) is 16. The van der Waals surface area contributed by atoms with E-state index in [1.807, 2.05) is 6.26 Å². The Morgan fingerprint density at radius 3 is 1.70 bits per heavy atom. The highest BCUT2D eigenvalue weighted by molar-refractivity contribution is 8.27. The first-order chi connectivity index (χ1) is 19.5. The first kappa shape index (κ1) is 41.7. The van der Waals surface area contributed by atoms with E-state index in [0.29, 0.717) is 46.5 Å². The van der Waals surface area contributed by atoms with Crippen molar-refractivity contribution >= 4 is 149 Å². The molecule has 3 N–H and O–H groups in total. The Labute approximate surface area is 282 Å². The van der Waals surface area contributed by atoms with Crippen molar-refractivity contribution in [2.75, 3.05) is 91.9 Å². The third kappa shape index (κ3) is 32.6. The lowest BCUT2D eigenvalue weighted by Crippen LogP contribution is -2.21. The lowest BCUT2D eigenvalue weighted by Gasteiger charge is -2.04. The van der Waals surface area contributed by atoms with Crippen molar-refractivity contribution < 1.29 is 23.1 Å². The van der Waals surface area contributed by atoms with Gasteiger partial charge in [-0.1, -0.05) is 23.5 Å². The molecule has 2 unspecified atom stereocenters. The normalized spacial score (nSPS) is 13.2. The molecule has 0 bridgehead atoms. The van der Waals surface area contributed by atoms with E-state index in [1.54, 1.807) is 58.8 Å². The van der Waals surface area contributed by atoms with Crippen LogP contribution in [0, 0.1) is 0 Å². The zero-order valence-corrected chi connectivity index (χ0v) is 31.2. The van der Waals surface area contributed by atoms with Crippen LogP contribution in [-0.4, -0.2) is 127 Å². The first-order valence-electron chi connectivity index (χ1n) is 11.6. The number of hydrogen-bond donors (Lipinski definition) is 3. The summed E-state index contributed by atoms with van der Waals surface area (Å²) >= 11 is 13.6. The van der Waals surface area contributed by atoms with Gasteiger partial charge >= 0.3 is 0 Å². The van der Waals surface area contributed by atoms with Crippen LogP contribution in [-0.2, 0) is 21.6 Å². The number of nitrogens with one attached hydrogen (secondary N) is 2. The third-order valence-electron chi connectivity index (χ3n) is 3.55. The van der Waals surface area contributed by atoms with Crippen molar-refractivity contribution in [1.82, 2.24) is 10.6 Å². The predicted molar refractivity (Wildman–Crippen MR) is 200 cm³/mol. The second-order valence-electron chi connectivity index (χ2n) is 6.67. The first-order valence-corrected chi connectivity index (χ1v) is 24.7. The molecule has 0 saturated heterocycles. The highest BCUT2D eigenvalue weighted by atomic mass is 32.3. The maximum atomic E-state index is 12.0. The molecule has 0 spiro atoms. The summed E-state index contributed by atoms with van der Waals surface area (Å²) in [6.45, 7) is 2.37. The van der Waals surface area contributed by atoms with E-state index in [4.69, 9.17) is 5.11 Å². The summed E-state index contributed by atoms with van der Waals surface area (Å²) in [5.74, 6) is 3.30. The van der Waals surface area contributed by atoms with Gasteiger partial charge < -0.3 is 15.7 Å². The van der Waals surface area contributed by atoms with Crippen LogP contribution in [0.3, 0.4) is 0 Å². The number of amides is 2. The van der Waals surface area contributed by atoms with E-state index in [1.165, 1.54) is 58.1 Å². The summed E-state index contributed by atoms with van der Waals surface area (Å²) < 4.78 is 23.6. The molecule has 2 amide bonds. The van der Waals surface area contributed by atoms with Crippen molar-refractivity contribution in [1.29, 1.82) is 0 Å². The standard InChI is InChI=1S/C20H38N4O5S11/c1-30-13-35-17-39(28)10-21-2-6-32-9-5-24-20(27)38-16-36-18-40(29)11-22-3-7-31-8-4-23-19(26)37-15-34-14-33-12-25/h10-11,25H,2-9,12-18H2,1H3,(H,23,26)(H,24,27). The summed E-state index contributed by atoms with van der Waals surface area (Å²) in [5, 5.41) is 18.1. The molecule has 0 aromatic heterocycles. The molecule has 0 rings (SSSR count). The molecule has 0 radical (unpaired) electrons. The van der Waals surface area contributed by atoms with Gasteiger partial charge in [-0.2, -0.15) is 35.3 Å². The number of carbonyl (C=O) groups excluding carboxylic acids is 2. The molecule has 0 aliphatic carbocycles. The number of aliphatic imine (C=N–C) groups is 2. The van der Waals surface area contributed by atoms with Crippen LogP contribution >= 0.6 is 106 Å². The van der Waals surface area contributed by atoms with E-state index in [-0.39, 0.29) is 16.4 Å². The van der Waals surface area contributed by atoms with E-state index in [2.05, 4.69) is 20.6 Å². The summed E-state index contributed by atoms with van der Waals surface area (Å²) in [6, 6.07) is 0. The number of nitrogens with zero attached hydrogens (tertiary/aromatic N) is 2. The van der Waals surface area contributed by atoms with Crippen LogP contribution in [0.15, 0.2) is 9.98 Å². The van der Waals surface area contributed by atoms with Crippen LogP contribution in [0.5, 0.6) is 0 Å². The monoisotopic (exact) mass is 766 g/mol. The fraction of sp³-hybridized carbons (Fsp3) is 0.800. The van der Waals surface area contributed by atoms with E-state index in [9.17, 15) is 18.0 Å². The summed E-state index contributed by atoms with van der Waals surface area (Å²) in [7, 11) is -2.18. The molecule has 40 heavy (non-hydrogen) atoms. The average Bonchev–Trinajstić information content (AvgIpc) is 2.94. The van der Waals surface area contributed by atoms with E-state index in [0.717, 1.165) is 33.2 Å². The zero-order chi connectivity index (χ0) is 29.5. The fourth-order valence-electron chi connectivity index (χ4n) is 1.96. The quantitative estimate of drug-likeness (QED) is 0.0453. The Morgan fingerprint density at radius 2 is 1.20 bits per heavy atom. The Kier molecular flexibility index (Phi) is 35.0. The summed E-state index contributed by atoms with van der Waals surface area (Å²) in [6.07, 6.45) is 2.02. The van der Waals surface area contributed by atoms with Gasteiger partial charge in [0.2, 0.25) is 0 Å². The molecule has 20 heteroatoms. The summed E-state index contributed by atoms with van der Waals surface area (Å²) in [4.78, 5) is 31.9. The molecule has 0 saturated carbocycles. The zero-order valence-electron chi connectivity index (χ0n) is 22.2. The Morgan fingerprint density at radius 1 is 0.700 bits per heavy atom. The minimum atomic E-state index is -1.17. The van der Waals surface area contributed by atoms with Crippen LogP contribution in [0.4, 0.5) is 9.59 Å². The van der Waals surface area contributed by atoms with Crippen molar-refractivity contribution in [2.24, 2.45) is 9.98 Å². The van der Waals surface area contributed by atoms with Crippen LogP contribution in [0.25, 0.3) is 0 Å². The van der Waals surface area contributed by atoms with Gasteiger partial charge in [0.1, 0.15) is 0 Å². The molecule has 0 aliphatic rings. The number of carbonyl (C=O) groups is 2. The topological polar surface area (TPSA) is 137 Å². The Bertz CT molecular complexity index is 754. The minimum Gasteiger partial charge on any atom is -0.386 e. The van der Waals surface area contributed by atoms with E-state index < -0.39 is 21.6 Å². The van der Waals surface area contributed by atoms with Crippen LogP contribution < -0.4 is 10.6 Å². The smallest absolute Gasteiger partial charge is 0.279 e. The van der Waals surface area contributed by atoms with Gasteiger partial charge in [0.15, 0.2) is 0 Å². The van der Waals surface area contributed by atoms with Gasteiger partial charge in [0, 0.05) is 69.5 Å². The van der Waals surface area contributed by atoms with Gasteiger partial charge in [-0.3, -0.25) is 28.0 Å². The van der Waals surface area contributed by atoms with Crippen molar-refractivity contribution in [3.63, 3.8) is 0 Å². The minimum absolute atomic E-state index is 0.0389. The highest BCUT2D eigenvalue weighted by Crippen LogP contribution is 2.17. The number of aliphatic hydroxyl groups excluding tert-OH is 1. The molecule has 234 valence electrons. The molecule has 0 heterocycles. The number of aliphatic hydroxyl groups is 1. The van der Waals surface area contributed by atoms with Gasteiger partial charge in [-0.25, -0.2) is 0 Å². The van der Waals surface area contributed by atoms with Crippen LogP contribution in [0.1, 0.15) is 0 Å². The summed E-state index contributed by atoms with van der Waals surface area (Å²) in [5.41, 5.74) is 2.99. The molecule has 9 nitrogen and oxygen atoms in total. The second kappa shape index (κ2) is 33.6. The Hall–Kier alpha value is 1.69. The maximum Gasteiger partial charge on any atom is 0.279 e. The number of rotatable bonds is 27. The molecular weight excluding hydrogens is 729 g/mol. The predicted octanol–water partition coefficient (Wildman–Crippen LogP) is 4.88. The van der Waals surface area contributed by atoms with Crippen molar-refractivity contribution in [2.45, 2.75) is 0 Å². The Balaban J connectivity index is 3.51. The molecule has 0 aromatic carbocycles. The SMILES string of the molecule is CSCSCS(=O)C=NCCSCCNC(=O)SCSCS(=O)C=NCCSCCNC(=O)SCSCSCO. The van der Waals surface area contributed by atoms with Gasteiger partial charge in [-0.15, -0.1) is 47.0 Å². The molecule has 0 aliphatic heterocycles. The fourth-order valence-corrected chi connectivity index (χ4v) is 11.7. The van der Waals surface area contributed by atoms with E-state index >= 15 is 0 Å². The lowest BCUT2D eigenvalue weighted by atomic mass is 10.8. The molecule has 0 fully saturated rings. The van der Waals surface area contributed by atoms with Gasteiger partial charge in [-0.05, 0) is 6.26 Å².